The van der Waals surface area contributed by atoms with Crippen molar-refractivity contribution in [1.29, 1.82) is 0 Å². The number of halogens is 1. The van der Waals surface area contributed by atoms with E-state index in [0.717, 1.165) is 19.8 Å². The van der Waals surface area contributed by atoms with Crippen LogP contribution in [0.15, 0.2) is 22.7 Å². The molecule has 0 bridgehead atoms. The van der Waals surface area contributed by atoms with Crippen LogP contribution in [0.4, 0.5) is 5.13 Å². The van der Waals surface area contributed by atoms with Crippen LogP contribution in [0, 0.1) is 5.92 Å². The molecule has 21 heavy (non-hydrogen) atoms. The van der Waals surface area contributed by atoms with Gasteiger partial charge in [0.05, 0.1) is 10.2 Å². The summed E-state index contributed by atoms with van der Waals surface area (Å²) in [6.07, 6.45) is 0.500. The number of hydrogen-bond acceptors (Lipinski definition) is 5. The van der Waals surface area contributed by atoms with Crippen molar-refractivity contribution < 1.29 is 9.59 Å². The van der Waals surface area contributed by atoms with E-state index in [2.05, 4.69) is 20.9 Å². The molecule has 1 aromatic carbocycles. The van der Waals surface area contributed by atoms with Gasteiger partial charge in [-0.2, -0.15) is 0 Å². The SMILES string of the molecule is CC(=O)SCC1CC(=O)N(c2nc3cc(Br)ccc3s2)C1. The number of rotatable bonds is 3. The van der Waals surface area contributed by atoms with Crippen LogP contribution in [0.5, 0.6) is 0 Å². The highest BCUT2D eigenvalue weighted by Crippen LogP contribution is 2.34. The molecule has 1 aliphatic rings. The molecule has 1 atom stereocenters. The van der Waals surface area contributed by atoms with Gasteiger partial charge in [0.2, 0.25) is 5.91 Å². The minimum Gasteiger partial charge on any atom is -0.288 e. The van der Waals surface area contributed by atoms with Crippen molar-refractivity contribution in [3.63, 3.8) is 0 Å². The van der Waals surface area contributed by atoms with Crippen molar-refractivity contribution in [2.24, 2.45) is 5.92 Å². The molecule has 1 amide bonds. The number of carbonyl (C=O) groups is 2. The minimum atomic E-state index is 0.0993. The Labute approximate surface area is 139 Å². The largest absolute Gasteiger partial charge is 0.288 e. The van der Waals surface area contributed by atoms with Gasteiger partial charge < -0.3 is 0 Å². The molecular formula is C14H13BrN2O2S2. The summed E-state index contributed by atoms with van der Waals surface area (Å²) in [5.41, 5.74) is 0.902. The Kier molecular flexibility index (Phi) is 4.33. The normalized spacial score (nSPS) is 18.7. The fourth-order valence-electron chi connectivity index (χ4n) is 2.32. The van der Waals surface area contributed by atoms with Crippen molar-refractivity contribution in [2.75, 3.05) is 17.2 Å². The Morgan fingerprint density at radius 3 is 3.14 bits per heavy atom. The molecule has 4 nitrogen and oxygen atoms in total. The molecule has 0 radical (unpaired) electrons. The second-order valence-electron chi connectivity index (χ2n) is 4.99. The van der Waals surface area contributed by atoms with Crippen LogP contribution < -0.4 is 4.90 Å². The molecule has 0 spiro atoms. The van der Waals surface area contributed by atoms with Gasteiger partial charge in [0.1, 0.15) is 0 Å². The molecule has 7 heteroatoms. The first-order chi connectivity index (χ1) is 10.0. The third kappa shape index (κ3) is 3.30. The number of thiazole rings is 1. The lowest BCUT2D eigenvalue weighted by Crippen LogP contribution is -2.24. The van der Waals surface area contributed by atoms with E-state index >= 15 is 0 Å². The topological polar surface area (TPSA) is 50.3 Å². The molecule has 1 saturated heterocycles. The summed E-state index contributed by atoms with van der Waals surface area (Å²) in [4.78, 5) is 29.5. The van der Waals surface area contributed by atoms with Crippen LogP contribution in [0.2, 0.25) is 0 Å². The van der Waals surface area contributed by atoms with Crippen LogP contribution in [-0.2, 0) is 9.59 Å². The van der Waals surface area contributed by atoms with Gasteiger partial charge in [0.15, 0.2) is 10.2 Å². The zero-order chi connectivity index (χ0) is 15.0. The summed E-state index contributed by atoms with van der Waals surface area (Å²) in [5, 5.41) is 0.856. The summed E-state index contributed by atoms with van der Waals surface area (Å²) in [6.45, 7) is 2.21. The number of aromatic nitrogens is 1. The van der Waals surface area contributed by atoms with Gasteiger partial charge in [-0.25, -0.2) is 4.98 Å². The number of thioether (sulfide) groups is 1. The molecule has 110 valence electrons. The maximum Gasteiger partial charge on any atom is 0.229 e. The Balaban J connectivity index is 1.79. The van der Waals surface area contributed by atoms with Crippen molar-refractivity contribution >= 4 is 65.4 Å². The smallest absolute Gasteiger partial charge is 0.229 e. The first-order valence-electron chi connectivity index (χ1n) is 6.53. The van der Waals surface area contributed by atoms with E-state index in [0.29, 0.717) is 18.7 Å². The van der Waals surface area contributed by atoms with E-state index in [9.17, 15) is 9.59 Å². The van der Waals surface area contributed by atoms with E-state index in [-0.39, 0.29) is 16.9 Å². The Hall–Kier alpha value is -0.920. The predicted molar refractivity (Wildman–Crippen MR) is 90.9 cm³/mol. The van der Waals surface area contributed by atoms with E-state index in [1.807, 2.05) is 18.2 Å². The van der Waals surface area contributed by atoms with E-state index < -0.39 is 0 Å². The predicted octanol–water partition coefficient (Wildman–Crippen LogP) is 3.69. The Bertz CT molecular complexity index is 716. The number of fused-ring (bicyclic) bond motifs is 1. The molecule has 0 aliphatic carbocycles. The van der Waals surface area contributed by atoms with Crippen molar-refractivity contribution in [3.8, 4) is 0 Å². The number of benzene rings is 1. The second-order valence-corrected chi connectivity index (χ2v) is 8.11. The van der Waals surface area contributed by atoms with Crippen LogP contribution in [0.3, 0.4) is 0 Å². The third-order valence-corrected chi connectivity index (χ3v) is 5.89. The Morgan fingerprint density at radius 2 is 2.38 bits per heavy atom. The maximum atomic E-state index is 12.2. The van der Waals surface area contributed by atoms with Gasteiger partial charge >= 0.3 is 0 Å². The van der Waals surface area contributed by atoms with Gasteiger partial charge in [-0.3, -0.25) is 14.5 Å². The van der Waals surface area contributed by atoms with Gasteiger partial charge in [-0.05, 0) is 24.1 Å². The lowest BCUT2D eigenvalue weighted by molar-refractivity contribution is -0.117. The van der Waals surface area contributed by atoms with Gasteiger partial charge in [0.25, 0.3) is 0 Å². The zero-order valence-electron chi connectivity index (χ0n) is 11.3. The highest BCUT2D eigenvalue weighted by atomic mass is 79.9. The highest BCUT2D eigenvalue weighted by molar-refractivity contribution is 9.10. The van der Waals surface area contributed by atoms with Crippen molar-refractivity contribution in [1.82, 2.24) is 4.98 Å². The molecule has 2 aromatic rings. The summed E-state index contributed by atoms with van der Waals surface area (Å²) in [6, 6.07) is 5.94. The van der Waals surface area contributed by atoms with Gasteiger partial charge in [-0.1, -0.05) is 39.0 Å². The fraction of sp³-hybridized carbons (Fsp3) is 0.357. The van der Waals surface area contributed by atoms with Crippen LogP contribution >= 0.6 is 39.0 Å². The number of nitrogens with zero attached hydrogens (tertiary/aromatic N) is 2. The molecular weight excluding hydrogens is 372 g/mol. The fourth-order valence-corrected chi connectivity index (χ4v) is 4.33. The van der Waals surface area contributed by atoms with Crippen molar-refractivity contribution in [2.45, 2.75) is 13.3 Å². The van der Waals surface area contributed by atoms with Crippen LogP contribution in [-0.4, -0.2) is 28.3 Å². The maximum absolute atomic E-state index is 12.2. The first-order valence-corrected chi connectivity index (χ1v) is 9.12. The quantitative estimate of drug-likeness (QED) is 0.809. The van der Waals surface area contributed by atoms with Crippen LogP contribution in [0.25, 0.3) is 10.2 Å². The second kappa shape index (κ2) is 6.06. The Morgan fingerprint density at radius 1 is 1.57 bits per heavy atom. The van der Waals surface area contributed by atoms with Gasteiger partial charge in [0, 0.05) is 30.1 Å². The zero-order valence-corrected chi connectivity index (χ0v) is 14.6. The molecule has 0 saturated carbocycles. The van der Waals surface area contributed by atoms with Crippen molar-refractivity contribution in [3.05, 3.63) is 22.7 Å². The van der Waals surface area contributed by atoms with E-state index in [1.54, 1.807) is 11.8 Å². The average molecular weight is 385 g/mol. The lowest BCUT2D eigenvalue weighted by Gasteiger charge is -2.12. The third-order valence-electron chi connectivity index (χ3n) is 3.30. The number of hydrogen-bond donors (Lipinski definition) is 0. The van der Waals surface area contributed by atoms with Crippen LogP contribution in [0.1, 0.15) is 13.3 Å². The summed E-state index contributed by atoms with van der Waals surface area (Å²) >= 11 is 6.26. The van der Waals surface area contributed by atoms with E-state index in [4.69, 9.17) is 0 Å². The number of anilines is 1. The molecule has 1 aromatic heterocycles. The average Bonchev–Trinajstić information content (AvgIpc) is 2.99. The molecule has 1 unspecified atom stereocenters. The minimum absolute atomic E-state index is 0.0993. The van der Waals surface area contributed by atoms with Gasteiger partial charge in [-0.15, -0.1) is 0 Å². The molecule has 1 aliphatic heterocycles. The lowest BCUT2D eigenvalue weighted by atomic mass is 10.1. The molecule has 1 fully saturated rings. The number of amides is 1. The van der Waals surface area contributed by atoms with E-state index in [1.165, 1.54) is 23.1 Å². The molecule has 3 rings (SSSR count). The summed E-state index contributed by atoms with van der Waals surface area (Å²) < 4.78 is 2.05. The first kappa shape index (κ1) is 15.0. The number of carbonyl (C=O) groups excluding carboxylic acids is 2. The summed E-state index contributed by atoms with van der Waals surface area (Å²) in [7, 11) is 0. The molecule has 2 heterocycles. The highest BCUT2D eigenvalue weighted by Gasteiger charge is 2.32. The standard InChI is InChI=1S/C14H13BrN2O2S2/c1-8(18)20-7-9-4-13(19)17(6-9)14-16-11-5-10(15)2-3-12(11)21-14/h2-3,5,9H,4,6-7H2,1H3. The summed E-state index contributed by atoms with van der Waals surface area (Å²) in [5.74, 6) is 1.03. The molecule has 0 N–H and O–H groups in total. The monoisotopic (exact) mass is 384 g/mol.